The van der Waals surface area contributed by atoms with Gasteiger partial charge in [0.2, 0.25) is 0 Å². The molecule has 1 aromatic carbocycles. The Bertz CT molecular complexity index is 384. The van der Waals surface area contributed by atoms with Crippen LogP contribution >= 0.6 is 0 Å². The van der Waals surface area contributed by atoms with Gasteiger partial charge in [0, 0.05) is 10.9 Å². The molecule has 0 amide bonds. The molecule has 11 heavy (non-hydrogen) atoms. The van der Waals surface area contributed by atoms with Crippen LogP contribution in [0.2, 0.25) is 0 Å². The zero-order valence-electron chi connectivity index (χ0n) is 6.04. The van der Waals surface area contributed by atoms with Gasteiger partial charge < -0.3 is 6.15 Å². The Morgan fingerprint density at radius 2 is 1.82 bits per heavy atom. The van der Waals surface area contributed by atoms with Crippen molar-refractivity contribution in [2.45, 2.75) is 0 Å². The molecule has 0 unspecified atom stereocenters. The first-order chi connectivity index (χ1) is 4.93. The van der Waals surface area contributed by atoms with Crippen molar-refractivity contribution >= 4 is 10.9 Å². The van der Waals surface area contributed by atoms with Crippen LogP contribution in [0.5, 0.6) is 0 Å². The quantitative estimate of drug-likeness (QED) is 0.526. The zero-order chi connectivity index (χ0) is 6.55. The summed E-state index contributed by atoms with van der Waals surface area (Å²) in [5.74, 6) is 0. The Balaban J connectivity index is 0.000000480. The van der Waals surface area contributed by atoms with Crippen LogP contribution in [0, 0.1) is 0 Å². The van der Waals surface area contributed by atoms with Crippen molar-refractivity contribution in [3.05, 3.63) is 30.3 Å². The van der Waals surface area contributed by atoms with Crippen molar-refractivity contribution < 1.29 is 0 Å². The highest BCUT2D eigenvalue weighted by molar-refractivity contribution is 5.90. The van der Waals surface area contributed by atoms with Crippen LogP contribution < -0.4 is 6.15 Å². The van der Waals surface area contributed by atoms with Crippen LogP contribution in [0.25, 0.3) is 22.2 Å². The summed E-state index contributed by atoms with van der Waals surface area (Å²) in [6.07, 6.45) is 0. The first kappa shape index (κ1) is 6.31. The molecule has 0 radical (unpaired) electrons. The largest absolute Gasteiger partial charge is 0.344 e. The summed E-state index contributed by atoms with van der Waals surface area (Å²) in [6.45, 7) is 0. The number of hydrogen-bond donors (Lipinski definition) is 1. The molecule has 0 atom stereocenters. The van der Waals surface area contributed by atoms with Crippen LogP contribution in [-0.2, 0) is 0 Å². The van der Waals surface area contributed by atoms with Gasteiger partial charge in [-0.05, 0) is 12.1 Å². The third-order valence-electron chi connectivity index (χ3n) is 1.99. The predicted molar refractivity (Wildman–Crippen MR) is 45.8 cm³/mol. The van der Waals surface area contributed by atoms with Gasteiger partial charge in [-0.15, -0.1) is 0 Å². The number of aromatic nitrogens is 1. The SMILES string of the molecule is N.c1cc2ccc3nc2cc1-3. The van der Waals surface area contributed by atoms with Crippen molar-refractivity contribution in [2.75, 3.05) is 0 Å². The molecule has 0 fully saturated rings. The smallest absolute Gasteiger partial charge is 0.0716 e. The lowest BCUT2D eigenvalue weighted by Gasteiger charge is -1.84. The second-order valence-electron chi connectivity index (χ2n) is 2.60. The molecule has 3 bridgehead atoms. The fraction of sp³-hybridized carbons (Fsp3) is 0. The molecular weight excluding hydrogens is 136 g/mol. The highest BCUT2D eigenvalue weighted by Crippen LogP contribution is 2.29. The molecule has 1 aliphatic rings. The molecule has 0 aliphatic carbocycles. The van der Waals surface area contributed by atoms with Gasteiger partial charge >= 0.3 is 0 Å². The summed E-state index contributed by atoms with van der Waals surface area (Å²) in [6, 6.07) is 10.5. The molecule has 3 rings (SSSR count). The summed E-state index contributed by atoms with van der Waals surface area (Å²) >= 11 is 0. The fourth-order valence-corrected chi connectivity index (χ4v) is 1.44. The van der Waals surface area contributed by atoms with Gasteiger partial charge in [-0.3, -0.25) is 0 Å². The van der Waals surface area contributed by atoms with Crippen molar-refractivity contribution in [1.82, 2.24) is 11.1 Å². The number of benzene rings is 1. The summed E-state index contributed by atoms with van der Waals surface area (Å²) in [4.78, 5) is 4.37. The minimum atomic E-state index is 0. The summed E-state index contributed by atoms with van der Waals surface area (Å²) in [5.41, 5.74) is 3.51. The second kappa shape index (κ2) is 1.80. The average molecular weight is 144 g/mol. The molecular formula is C9H8N2. The second-order valence-corrected chi connectivity index (χ2v) is 2.60. The van der Waals surface area contributed by atoms with E-state index in [0.29, 0.717) is 0 Å². The molecule has 2 heterocycles. The van der Waals surface area contributed by atoms with Gasteiger partial charge in [-0.25, -0.2) is 4.98 Å². The zero-order valence-corrected chi connectivity index (χ0v) is 6.04. The van der Waals surface area contributed by atoms with Gasteiger partial charge in [0.05, 0.1) is 11.2 Å². The molecule has 0 saturated carbocycles. The number of fused-ring (bicyclic) bond motifs is 3. The Morgan fingerprint density at radius 3 is 2.73 bits per heavy atom. The first-order valence-corrected chi connectivity index (χ1v) is 3.35. The average Bonchev–Trinajstić information content (AvgIpc) is 2.19. The molecule has 2 aromatic rings. The van der Waals surface area contributed by atoms with Crippen molar-refractivity contribution in [3.8, 4) is 11.3 Å². The van der Waals surface area contributed by atoms with E-state index in [2.05, 4.69) is 35.3 Å². The lowest BCUT2D eigenvalue weighted by Crippen LogP contribution is -1.68. The van der Waals surface area contributed by atoms with Crippen LogP contribution in [0.1, 0.15) is 0 Å². The van der Waals surface area contributed by atoms with Crippen molar-refractivity contribution in [1.29, 1.82) is 0 Å². The standard InChI is InChI=1S/C9H5N.H3N/c1-2-7-5-9-6(1)3-4-8(7)10-9;/h1-5H;1H3. The number of nitrogens with zero attached hydrogens (tertiary/aromatic N) is 1. The van der Waals surface area contributed by atoms with E-state index in [0.717, 1.165) is 11.2 Å². The van der Waals surface area contributed by atoms with E-state index in [1.165, 1.54) is 10.9 Å². The van der Waals surface area contributed by atoms with Gasteiger partial charge in [0.15, 0.2) is 0 Å². The molecule has 0 saturated heterocycles. The lowest BCUT2D eigenvalue weighted by atomic mass is 10.2. The topological polar surface area (TPSA) is 47.9 Å². The molecule has 2 nitrogen and oxygen atoms in total. The maximum absolute atomic E-state index is 4.37. The van der Waals surface area contributed by atoms with E-state index in [4.69, 9.17) is 0 Å². The molecule has 3 N–H and O–H groups in total. The minimum absolute atomic E-state index is 0. The fourth-order valence-electron chi connectivity index (χ4n) is 1.44. The van der Waals surface area contributed by atoms with Crippen LogP contribution in [0.3, 0.4) is 0 Å². The van der Waals surface area contributed by atoms with E-state index in [1.807, 2.05) is 0 Å². The van der Waals surface area contributed by atoms with Gasteiger partial charge in [-0.1, -0.05) is 18.2 Å². The third kappa shape index (κ3) is 0.617. The van der Waals surface area contributed by atoms with E-state index in [1.54, 1.807) is 0 Å². The van der Waals surface area contributed by atoms with Crippen LogP contribution in [-0.4, -0.2) is 4.98 Å². The normalized spacial score (nSPS) is 10.9. The Hall–Kier alpha value is -1.41. The molecule has 1 aromatic heterocycles. The Morgan fingerprint density at radius 1 is 1.00 bits per heavy atom. The molecule has 0 spiro atoms. The van der Waals surface area contributed by atoms with Crippen LogP contribution in [0.15, 0.2) is 30.3 Å². The summed E-state index contributed by atoms with van der Waals surface area (Å²) in [5, 5.41) is 1.24. The monoisotopic (exact) mass is 144 g/mol. The van der Waals surface area contributed by atoms with Crippen LogP contribution in [0.4, 0.5) is 0 Å². The molecule has 54 valence electrons. The molecule has 1 aliphatic heterocycles. The maximum Gasteiger partial charge on any atom is 0.0716 e. The molecule has 2 heteroatoms. The maximum atomic E-state index is 4.37. The summed E-state index contributed by atoms with van der Waals surface area (Å²) < 4.78 is 0. The van der Waals surface area contributed by atoms with Gasteiger partial charge in [0.25, 0.3) is 0 Å². The Labute approximate surface area is 64.5 Å². The minimum Gasteiger partial charge on any atom is -0.344 e. The Kier molecular flexibility index (Phi) is 1.03. The highest BCUT2D eigenvalue weighted by Gasteiger charge is 2.08. The first-order valence-electron chi connectivity index (χ1n) is 3.35. The number of hydrogen-bond acceptors (Lipinski definition) is 2. The predicted octanol–water partition coefficient (Wildman–Crippen LogP) is 2.38. The van der Waals surface area contributed by atoms with Crippen molar-refractivity contribution in [2.24, 2.45) is 0 Å². The number of rotatable bonds is 0. The van der Waals surface area contributed by atoms with E-state index < -0.39 is 0 Å². The van der Waals surface area contributed by atoms with E-state index in [-0.39, 0.29) is 6.15 Å². The number of pyridine rings is 1. The van der Waals surface area contributed by atoms with Gasteiger partial charge in [0.1, 0.15) is 0 Å². The van der Waals surface area contributed by atoms with E-state index in [9.17, 15) is 0 Å². The van der Waals surface area contributed by atoms with E-state index >= 15 is 0 Å². The highest BCUT2D eigenvalue weighted by atomic mass is 14.7. The van der Waals surface area contributed by atoms with Gasteiger partial charge in [-0.2, -0.15) is 0 Å². The third-order valence-corrected chi connectivity index (χ3v) is 1.99. The summed E-state index contributed by atoms with van der Waals surface area (Å²) in [7, 11) is 0. The lowest BCUT2D eigenvalue weighted by molar-refractivity contribution is 1.47. The van der Waals surface area contributed by atoms with Crippen molar-refractivity contribution in [3.63, 3.8) is 0 Å².